The van der Waals surface area contributed by atoms with Crippen LogP contribution in [-0.2, 0) is 28.6 Å². The summed E-state index contributed by atoms with van der Waals surface area (Å²) in [6, 6.07) is 0. The molecule has 1 N–H and O–H groups in total. The quantitative estimate of drug-likeness (QED) is 0.350. The van der Waals surface area contributed by atoms with Crippen molar-refractivity contribution in [3.63, 3.8) is 0 Å². The number of carbonyl (C=O) groups excluding carboxylic acids is 3. The van der Waals surface area contributed by atoms with Crippen molar-refractivity contribution < 1.29 is 33.7 Å². The Hall–Kier alpha value is -2.41. The van der Waals surface area contributed by atoms with Gasteiger partial charge in [-0.3, -0.25) is 9.59 Å². The zero-order chi connectivity index (χ0) is 19.3. The second kappa shape index (κ2) is 8.80. The lowest BCUT2D eigenvalue weighted by Gasteiger charge is -2.26. The highest BCUT2D eigenvalue weighted by Crippen LogP contribution is 2.36. The molecule has 0 spiro atoms. The van der Waals surface area contributed by atoms with Gasteiger partial charge in [0.15, 0.2) is 0 Å². The smallest absolute Gasteiger partial charge is 0.334 e. The van der Waals surface area contributed by atoms with E-state index in [0.29, 0.717) is 24.8 Å². The maximum atomic E-state index is 12.1. The summed E-state index contributed by atoms with van der Waals surface area (Å²) in [5, 5.41) is 9.60. The minimum atomic E-state index is -0.758. The van der Waals surface area contributed by atoms with Crippen molar-refractivity contribution in [2.75, 3.05) is 13.2 Å². The minimum Gasteiger partial charge on any atom is -0.461 e. The fraction of sp³-hybridized carbons (Fsp3) is 0.526. The molecular formula is C19H24O7. The van der Waals surface area contributed by atoms with E-state index < -0.39 is 36.0 Å². The van der Waals surface area contributed by atoms with Gasteiger partial charge in [-0.1, -0.05) is 12.7 Å². The highest BCUT2D eigenvalue weighted by molar-refractivity contribution is 5.91. The molecule has 3 atom stereocenters. The molecule has 1 aliphatic heterocycles. The summed E-state index contributed by atoms with van der Waals surface area (Å²) in [7, 11) is 0. The van der Waals surface area contributed by atoms with Gasteiger partial charge >= 0.3 is 17.9 Å². The molecule has 7 nitrogen and oxygen atoms in total. The third-order valence-electron chi connectivity index (χ3n) is 4.41. The van der Waals surface area contributed by atoms with E-state index in [2.05, 4.69) is 6.58 Å². The van der Waals surface area contributed by atoms with Gasteiger partial charge in [-0.15, -0.1) is 0 Å². The van der Waals surface area contributed by atoms with E-state index in [0.717, 1.165) is 5.57 Å². The second-order valence-electron chi connectivity index (χ2n) is 6.44. The summed E-state index contributed by atoms with van der Waals surface area (Å²) >= 11 is 0. The van der Waals surface area contributed by atoms with E-state index in [4.69, 9.17) is 14.2 Å². The SMILES string of the molecule is C=C1C(=O)OC2CC(COC(C)=O)=CCCC(CO)=CC(OC(C)=O)C12. The molecule has 0 radical (unpaired) electrons. The lowest BCUT2D eigenvalue weighted by atomic mass is 9.85. The first kappa shape index (κ1) is 19.9. The summed E-state index contributed by atoms with van der Waals surface area (Å²) in [6.07, 6.45) is 3.77. The first-order valence-corrected chi connectivity index (χ1v) is 8.50. The summed E-state index contributed by atoms with van der Waals surface area (Å²) in [4.78, 5) is 34.7. The third kappa shape index (κ3) is 5.05. The molecular weight excluding hydrogens is 340 g/mol. The molecule has 1 fully saturated rings. The Labute approximate surface area is 152 Å². The van der Waals surface area contributed by atoms with Crippen LogP contribution in [0, 0.1) is 5.92 Å². The monoisotopic (exact) mass is 364 g/mol. The van der Waals surface area contributed by atoms with Crippen LogP contribution in [0.2, 0.25) is 0 Å². The van der Waals surface area contributed by atoms with Crippen molar-refractivity contribution in [1.29, 1.82) is 0 Å². The predicted octanol–water partition coefficient (Wildman–Crippen LogP) is 1.61. The standard InChI is InChI=1S/C19H24O7/c1-11-18-16(25-13(3)22)7-14(9-20)5-4-6-15(10-24-12(2)21)8-17(18)26-19(11)23/h6-7,16-18,20H,1,4-5,8-10H2,2-3H3. The molecule has 3 unspecified atom stereocenters. The van der Waals surface area contributed by atoms with Gasteiger partial charge in [-0.05, 0) is 30.1 Å². The summed E-state index contributed by atoms with van der Waals surface area (Å²) < 4.78 is 15.9. The van der Waals surface area contributed by atoms with E-state index in [1.165, 1.54) is 13.8 Å². The highest BCUT2D eigenvalue weighted by atomic mass is 16.6. The van der Waals surface area contributed by atoms with Gasteiger partial charge in [-0.25, -0.2) is 4.79 Å². The van der Waals surface area contributed by atoms with Crippen LogP contribution in [0.15, 0.2) is 35.5 Å². The maximum Gasteiger partial charge on any atom is 0.334 e. The lowest BCUT2D eigenvalue weighted by molar-refractivity contribution is -0.147. The average molecular weight is 364 g/mol. The van der Waals surface area contributed by atoms with Gasteiger partial charge in [0.2, 0.25) is 0 Å². The molecule has 0 aromatic heterocycles. The molecule has 26 heavy (non-hydrogen) atoms. The first-order chi connectivity index (χ1) is 12.3. The zero-order valence-corrected chi connectivity index (χ0v) is 15.0. The van der Waals surface area contributed by atoms with E-state index >= 15 is 0 Å². The van der Waals surface area contributed by atoms with Crippen molar-refractivity contribution in [2.24, 2.45) is 5.92 Å². The molecule has 1 saturated heterocycles. The molecule has 0 aromatic rings. The Bertz CT molecular complexity index is 659. The van der Waals surface area contributed by atoms with E-state index in [9.17, 15) is 19.5 Å². The number of rotatable bonds is 4. The van der Waals surface area contributed by atoms with Gasteiger partial charge < -0.3 is 19.3 Å². The number of allylic oxidation sites excluding steroid dienone is 1. The Morgan fingerprint density at radius 2 is 2.04 bits per heavy atom. The van der Waals surface area contributed by atoms with Crippen LogP contribution >= 0.6 is 0 Å². The Morgan fingerprint density at radius 3 is 2.65 bits per heavy atom. The van der Waals surface area contributed by atoms with E-state index in [1.54, 1.807) is 6.08 Å². The first-order valence-electron chi connectivity index (χ1n) is 8.50. The average Bonchev–Trinajstić information content (AvgIpc) is 2.84. The zero-order valence-electron chi connectivity index (χ0n) is 15.0. The van der Waals surface area contributed by atoms with Crippen LogP contribution < -0.4 is 0 Å². The van der Waals surface area contributed by atoms with Gasteiger partial charge in [0.25, 0.3) is 0 Å². The second-order valence-corrected chi connectivity index (χ2v) is 6.44. The number of hydrogen-bond acceptors (Lipinski definition) is 7. The molecule has 2 aliphatic rings. The van der Waals surface area contributed by atoms with Gasteiger partial charge in [0.1, 0.15) is 18.8 Å². The molecule has 7 heteroatoms. The topological polar surface area (TPSA) is 99.1 Å². The highest BCUT2D eigenvalue weighted by Gasteiger charge is 2.44. The van der Waals surface area contributed by atoms with Crippen LogP contribution in [-0.4, -0.2) is 48.4 Å². The van der Waals surface area contributed by atoms with Crippen LogP contribution in [0.5, 0.6) is 0 Å². The third-order valence-corrected chi connectivity index (χ3v) is 4.41. The molecule has 0 aromatic carbocycles. The molecule has 142 valence electrons. The van der Waals surface area contributed by atoms with Crippen LogP contribution in [0.1, 0.15) is 33.1 Å². The number of ether oxygens (including phenoxy) is 3. The number of aliphatic hydroxyl groups is 1. The number of fused-ring (bicyclic) bond motifs is 1. The van der Waals surface area contributed by atoms with E-state index in [1.807, 2.05) is 6.08 Å². The molecule has 0 bridgehead atoms. The van der Waals surface area contributed by atoms with Crippen molar-refractivity contribution in [2.45, 2.75) is 45.3 Å². The predicted molar refractivity (Wildman–Crippen MR) is 91.8 cm³/mol. The minimum absolute atomic E-state index is 0.0962. The Kier molecular flexibility index (Phi) is 6.74. The number of esters is 3. The fourth-order valence-corrected chi connectivity index (χ4v) is 3.19. The summed E-state index contributed by atoms with van der Waals surface area (Å²) in [6.45, 7) is 6.30. The molecule has 2 rings (SSSR count). The maximum absolute atomic E-state index is 12.1. The number of carbonyl (C=O) groups is 3. The molecule has 1 aliphatic carbocycles. The number of aliphatic hydroxyl groups excluding tert-OH is 1. The van der Waals surface area contributed by atoms with E-state index in [-0.39, 0.29) is 18.8 Å². The van der Waals surface area contributed by atoms with Crippen LogP contribution in [0.25, 0.3) is 0 Å². The van der Waals surface area contributed by atoms with Crippen molar-refractivity contribution >= 4 is 17.9 Å². The van der Waals surface area contributed by atoms with Gasteiger partial charge in [0, 0.05) is 25.8 Å². The van der Waals surface area contributed by atoms with Crippen LogP contribution in [0.3, 0.4) is 0 Å². The Morgan fingerprint density at radius 1 is 1.31 bits per heavy atom. The summed E-state index contributed by atoms with van der Waals surface area (Å²) in [5.74, 6) is -2.00. The summed E-state index contributed by atoms with van der Waals surface area (Å²) in [5.41, 5.74) is 1.72. The van der Waals surface area contributed by atoms with Crippen molar-refractivity contribution in [1.82, 2.24) is 0 Å². The Balaban J connectivity index is 2.37. The largest absolute Gasteiger partial charge is 0.461 e. The molecule has 0 saturated carbocycles. The fourth-order valence-electron chi connectivity index (χ4n) is 3.19. The molecule has 0 amide bonds. The van der Waals surface area contributed by atoms with Gasteiger partial charge in [-0.2, -0.15) is 0 Å². The van der Waals surface area contributed by atoms with Crippen molar-refractivity contribution in [3.05, 3.63) is 35.5 Å². The van der Waals surface area contributed by atoms with Crippen molar-refractivity contribution in [3.8, 4) is 0 Å². The normalized spacial score (nSPS) is 26.2. The van der Waals surface area contributed by atoms with Crippen LogP contribution in [0.4, 0.5) is 0 Å². The molecule has 1 heterocycles. The van der Waals surface area contributed by atoms with Gasteiger partial charge in [0.05, 0.1) is 12.5 Å². The lowest BCUT2D eigenvalue weighted by Crippen LogP contribution is -2.33. The number of hydrogen-bond donors (Lipinski definition) is 1.